The number of hydrogen-bond donors (Lipinski definition) is 4. The first-order valence-corrected chi connectivity index (χ1v) is 18.7. The molecule has 1 aromatic heterocycles. The molecule has 1 saturated heterocycles. The fraction of sp³-hybridized carbons (Fsp3) is 0.485. The van der Waals surface area contributed by atoms with Crippen LogP contribution in [0.1, 0.15) is 65.6 Å². The van der Waals surface area contributed by atoms with E-state index in [4.69, 9.17) is 24.1 Å². The SMILES string of the molecule is CC1=NO[C@@]2(CC[C@H](C)N3CC2n2cc(C(=O)NCc4ccc(F)cc4F)c(=O)c(OCOC(=O)N(C)CCN(CC(=O)O)C(=O)OCOP(=O)(O)O)c2C3=O)C1. The monoisotopic (exact) mass is 828 g/mol. The molecule has 4 N–H and O–H groups in total. The number of carboxylic acid groups (broad SMARTS) is 1. The number of benzene rings is 1. The molecule has 1 aromatic carbocycles. The van der Waals surface area contributed by atoms with Crippen molar-refractivity contribution in [2.75, 3.05) is 46.8 Å². The van der Waals surface area contributed by atoms with Crippen LogP contribution in [0.3, 0.4) is 0 Å². The molecular weight excluding hydrogens is 789 g/mol. The van der Waals surface area contributed by atoms with Gasteiger partial charge in [0.1, 0.15) is 23.7 Å². The summed E-state index contributed by atoms with van der Waals surface area (Å²) < 4.78 is 59.5. The third-order valence-electron chi connectivity index (χ3n) is 9.51. The van der Waals surface area contributed by atoms with Gasteiger partial charge in [-0.15, -0.1) is 0 Å². The summed E-state index contributed by atoms with van der Waals surface area (Å²) in [5.41, 5.74) is -2.26. The number of ether oxygens (including phenoxy) is 3. The first-order valence-electron chi connectivity index (χ1n) is 17.2. The highest BCUT2D eigenvalue weighted by molar-refractivity contribution is 7.46. The molecule has 3 aliphatic rings. The van der Waals surface area contributed by atoms with Crippen LogP contribution >= 0.6 is 7.82 Å². The Morgan fingerprint density at radius 1 is 1.12 bits per heavy atom. The quantitative estimate of drug-likeness (QED) is 0.156. The molecule has 2 bridgehead atoms. The van der Waals surface area contributed by atoms with Gasteiger partial charge in [-0.25, -0.2) is 27.5 Å². The molecule has 1 fully saturated rings. The van der Waals surface area contributed by atoms with Crippen LogP contribution in [0.15, 0.2) is 34.3 Å². The predicted octanol–water partition coefficient (Wildman–Crippen LogP) is 1.77. The van der Waals surface area contributed by atoms with E-state index in [9.17, 15) is 47.2 Å². The van der Waals surface area contributed by atoms with Gasteiger partial charge in [0.2, 0.25) is 24.8 Å². The summed E-state index contributed by atoms with van der Waals surface area (Å²) in [6, 6.07) is 1.72. The average molecular weight is 829 g/mol. The molecule has 3 atom stereocenters. The van der Waals surface area contributed by atoms with Gasteiger partial charge < -0.3 is 53.6 Å². The van der Waals surface area contributed by atoms with E-state index in [0.717, 1.165) is 17.0 Å². The maximum atomic E-state index is 14.4. The Morgan fingerprint density at radius 3 is 2.49 bits per heavy atom. The van der Waals surface area contributed by atoms with Crippen molar-refractivity contribution in [2.45, 2.75) is 57.3 Å². The zero-order valence-corrected chi connectivity index (χ0v) is 31.6. The molecule has 4 heterocycles. The number of amides is 4. The van der Waals surface area contributed by atoms with Crippen molar-refractivity contribution >= 4 is 43.5 Å². The smallest absolute Gasteiger partial charge is 0.472 e. The number of aromatic nitrogens is 1. The molecule has 3 aliphatic heterocycles. The van der Waals surface area contributed by atoms with Crippen molar-refractivity contribution in [3.63, 3.8) is 0 Å². The van der Waals surface area contributed by atoms with Gasteiger partial charge in [-0.3, -0.25) is 24.1 Å². The molecule has 1 spiro atoms. The second kappa shape index (κ2) is 17.2. The van der Waals surface area contributed by atoms with Gasteiger partial charge in [0.25, 0.3) is 11.8 Å². The number of oxime groups is 1. The van der Waals surface area contributed by atoms with E-state index in [1.54, 1.807) is 11.8 Å². The van der Waals surface area contributed by atoms with Gasteiger partial charge in [-0.05, 0) is 32.8 Å². The van der Waals surface area contributed by atoms with Crippen LogP contribution < -0.4 is 15.5 Å². The van der Waals surface area contributed by atoms with Crippen LogP contribution in [-0.2, 0) is 34.7 Å². The number of carbonyl (C=O) groups is 5. The molecule has 4 amide bonds. The van der Waals surface area contributed by atoms with Crippen molar-refractivity contribution in [3.05, 3.63) is 63.1 Å². The second-order valence-corrected chi connectivity index (χ2v) is 14.7. The summed E-state index contributed by atoms with van der Waals surface area (Å²) in [6.07, 6.45) is 0.0474. The van der Waals surface area contributed by atoms with Crippen molar-refractivity contribution in [3.8, 4) is 5.75 Å². The topological polar surface area (TPSA) is 265 Å². The number of nitrogens with zero attached hydrogens (tertiary/aromatic N) is 5. The van der Waals surface area contributed by atoms with E-state index in [0.29, 0.717) is 35.9 Å². The highest BCUT2D eigenvalue weighted by Crippen LogP contribution is 2.46. The third-order valence-corrected chi connectivity index (χ3v) is 9.96. The van der Waals surface area contributed by atoms with E-state index in [2.05, 4.69) is 19.7 Å². The van der Waals surface area contributed by atoms with Crippen LogP contribution in [0.5, 0.6) is 5.75 Å². The molecule has 2 aromatic rings. The van der Waals surface area contributed by atoms with E-state index in [-0.39, 0.29) is 30.4 Å². The van der Waals surface area contributed by atoms with E-state index in [1.807, 2.05) is 6.92 Å². The summed E-state index contributed by atoms with van der Waals surface area (Å²) in [4.78, 5) is 105. The number of rotatable bonds is 14. The number of halogens is 2. The average Bonchev–Trinajstić information content (AvgIpc) is 3.46. The van der Waals surface area contributed by atoms with Crippen molar-refractivity contribution in [2.24, 2.45) is 5.16 Å². The first kappa shape index (κ1) is 42.5. The zero-order chi connectivity index (χ0) is 41.8. The Balaban J connectivity index is 1.38. The molecule has 21 nitrogen and oxygen atoms in total. The van der Waals surface area contributed by atoms with Crippen LogP contribution in [-0.4, -0.2) is 128 Å². The maximum absolute atomic E-state index is 14.4. The lowest BCUT2D eigenvalue weighted by Gasteiger charge is -2.42. The molecule has 0 radical (unpaired) electrons. The number of carbonyl (C=O) groups excluding carboxylic acids is 4. The highest BCUT2D eigenvalue weighted by atomic mass is 31.2. The number of fused-ring (bicyclic) bond motifs is 5. The van der Waals surface area contributed by atoms with E-state index >= 15 is 0 Å². The summed E-state index contributed by atoms with van der Waals surface area (Å²) >= 11 is 0. The minimum atomic E-state index is -5.00. The van der Waals surface area contributed by atoms with Gasteiger partial charge in [0, 0.05) is 63.5 Å². The molecular formula is C33H39F2N6O15P. The van der Waals surface area contributed by atoms with Crippen molar-refractivity contribution in [1.29, 1.82) is 0 Å². The number of aliphatic carboxylic acids is 1. The molecule has 1 unspecified atom stereocenters. The Hall–Kier alpha value is -5.64. The summed E-state index contributed by atoms with van der Waals surface area (Å²) in [7, 11) is -3.81. The fourth-order valence-corrected chi connectivity index (χ4v) is 6.78. The van der Waals surface area contributed by atoms with E-state index in [1.165, 1.54) is 17.8 Å². The number of hydrogen-bond acceptors (Lipinski definition) is 13. The predicted molar refractivity (Wildman–Crippen MR) is 187 cm³/mol. The Bertz CT molecular complexity index is 2080. The standard InChI is InChI=1S/C33H39F2N6O15P/c1-18-11-33(56-37-18)7-6-19(2)40-14-24(33)41-13-22(29(45)36-12-20-4-5-21(34)10-23(20)35)27(44)28(26(41)30(40)46)52-16-53-31(47)38(3)8-9-39(15-25(42)43)32(48)54-17-55-57(49,50)51/h4-5,10,13,19,24H,6-9,11-12,14-17H2,1-3H3,(H,36,45)(H,42,43)(H2,49,50,51)/t19-,24?,33-/m0/s1. The van der Waals surface area contributed by atoms with Gasteiger partial charge >= 0.3 is 26.0 Å². The molecule has 57 heavy (non-hydrogen) atoms. The third kappa shape index (κ3) is 9.85. The Labute approximate surface area is 321 Å². The first-order chi connectivity index (χ1) is 26.8. The summed E-state index contributed by atoms with van der Waals surface area (Å²) in [5.74, 6) is -5.54. The lowest BCUT2D eigenvalue weighted by atomic mass is 9.84. The lowest BCUT2D eigenvalue weighted by molar-refractivity contribution is -0.138. The van der Waals surface area contributed by atoms with Gasteiger partial charge in [-0.2, -0.15) is 0 Å². The number of nitrogens with one attached hydrogen (secondary N) is 1. The molecule has 310 valence electrons. The molecule has 5 rings (SSSR count). The number of likely N-dealkylation sites (N-methyl/N-ethyl adjacent to an activating group) is 1. The number of phosphoric acid groups is 1. The van der Waals surface area contributed by atoms with Gasteiger partial charge in [0.15, 0.2) is 11.3 Å². The minimum absolute atomic E-state index is 0.0817. The number of carboxylic acids is 1. The second-order valence-electron chi connectivity index (χ2n) is 13.5. The summed E-state index contributed by atoms with van der Waals surface area (Å²) in [6.45, 7) is -0.698. The minimum Gasteiger partial charge on any atom is -0.480 e. The zero-order valence-electron chi connectivity index (χ0n) is 30.7. The summed E-state index contributed by atoms with van der Waals surface area (Å²) in [5, 5.41) is 15.8. The maximum Gasteiger partial charge on any atom is 0.472 e. The van der Waals surface area contributed by atoms with Crippen LogP contribution in [0.2, 0.25) is 0 Å². The largest absolute Gasteiger partial charge is 0.480 e. The lowest BCUT2D eigenvalue weighted by Crippen LogP contribution is -2.52. The Morgan fingerprint density at radius 2 is 1.84 bits per heavy atom. The van der Waals surface area contributed by atoms with Crippen LogP contribution in [0.4, 0.5) is 18.4 Å². The normalized spacial score (nSPS) is 19.8. The Kier molecular flexibility index (Phi) is 12.9. The van der Waals surface area contributed by atoms with Gasteiger partial charge in [0.05, 0.1) is 11.8 Å². The van der Waals surface area contributed by atoms with Crippen molar-refractivity contribution in [1.82, 2.24) is 24.6 Å². The van der Waals surface area contributed by atoms with Crippen molar-refractivity contribution < 1.29 is 75.8 Å². The number of pyridine rings is 1. The molecule has 0 saturated carbocycles. The highest BCUT2D eigenvalue weighted by Gasteiger charge is 2.54. The van der Waals surface area contributed by atoms with Gasteiger partial charge in [-0.1, -0.05) is 11.2 Å². The molecule has 0 aliphatic carbocycles. The van der Waals surface area contributed by atoms with Crippen LogP contribution in [0, 0.1) is 11.6 Å². The van der Waals surface area contributed by atoms with Crippen LogP contribution in [0.25, 0.3) is 0 Å². The number of phosphoric ester groups is 1. The molecule has 24 heteroatoms. The van der Waals surface area contributed by atoms with E-state index < -0.39 is 111 Å². The fourth-order valence-electron chi connectivity index (χ4n) is 6.59.